The minimum Gasteiger partial charge on any atom is -0.385 e. The van der Waals surface area contributed by atoms with E-state index >= 15 is 0 Å². The number of benzene rings is 2. The molecule has 156 valence electrons. The highest BCUT2D eigenvalue weighted by atomic mass is 16.3. The van der Waals surface area contributed by atoms with Crippen molar-refractivity contribution in [2.24, 2.45) is 0 Å². The second-order valence-electron chi connectivity index (χ2n) is 9.34. The molecule has 0 aliphatic carbocycles. The molecule has 29 heavy (non-hydrogen) atoms. The molecule has 2 saturated heterocycles. The lowest BCUT2D eigenvalue weighted by molar-refractivity contribution is -0.0999. The molecule has 2 heterocycles. The molecule has 2 aliphatic rings. The van der Waals surface area contributed by atoms with Gasteiger partial charge in [0.15, 0.2) is 0 Å². The number of rotatable bonds is 8. The van der Waals surface area contributed by atoms with Gasteiger partial charge in [0.05, 0.1) is 5.60 Å². The van der Waals surface area contributed by atoms with E-state index in [9.17, 15) is 5.11 Å². The number of fused-ring (bicyclic) bond motifs is 2. The Bertz CT molecular complexity index is 740. The Hall–Kier alpha value is -1.64. The fraction of sp³-hybridized carbons (Fsp3) is 0.556. The van der Waals surface area contributed by atoms with Crippen LogP contribution in [-0.4, -0.2) is 22.1 Å². The summed E-state index contributed by atoms with van der Waals surface area (Å²) in [6, 6.07) is 20.7. The first-order valence-corrected chi connectivity index (χ1v) is 11.8. The normalized spacial score (nSPS) is 27.1. The van der Waals surface area contributed by atoms with Gasteiger partial charge in [-0.2, -0.15) is 0 Å². The number of hydrogen-bond acceptors (Lipinski definition) is 2. The topological polar surface area (TPSA) is 23.5 Å². The Morgan fingerprint density at radius 3 is 2.21 bits per heavy atom. The van der Waals surface area contributed by atoms with Crippen LogP contribution in [0.15, 0.2) is 54.6 Å². The van der Waals surface area contributed by atoms with Gasteiger partial charge in [-0.15, -0.1) is 0 Å². The average Bonchev–Trinajstić information content (AvgIpc) is 2.73. The maximum Gasteiger partial charge on any atom is 0.0926 e. The zero-order valence-electron chi connectivity index (χ0n) is 18.0. The third-order valence-electron chi connectivity index (χ3n) is 7.18. The summed E-state index contributed by atoms with van der Waals surface area (Å²) in [5, 5.41) is 11.6. The molecular formula is C27H37NO. The van der Waals surface area contributed by atoms with Crippen LogP contribution < -0.4 is 0 Å². The van der Waals surface area contributed by atoms with Crippen molar-refractivity contribution < 1.29 is 5.11 Å². The molecule has 0 amide bonds. The van der Waals surface area contributed by atoms with Crippen LogP contribution in [0.25, 0.3) is 0 Å². The molecule has 2 atom stereocenters. The summed E-state index contributed by atoms with van der Waals surface area (Å²) in [7, 11) is 0. The van der Waals surface area contributed by atoms with Crippen molar-refractivity contribution in [3.63, 3.8) is 0 Å². The Labute approximate surface area is 177 Å². The number of unbranched alkanes of at least 4 members (excludes halogenated alkanes) is 3. The fourth-order valence-electron chi connectivity index (χ4n) is 5.55. The van der Waals surface area contributed by atoms with Crippen molar-refractivity contribution >= 4 is 0 Å². The van der Waals surface area contributed by atoms with E-state index in [2.05, 4.69) is 66.4 Å². The smallest absolute Gasteiger partial charge is 0.0926 e. The van der Waals surface area contributed by atoms with Crippen LogP contribution >= 0.6 is 0 Å². The molecule has 2 heteroatoms. The quantitative estimate of drug-likeness (QED) is 0.540. The predicted molar refractivity (Wildman–Crippen MR) is 121 cm³/mol. The van der Waals surface area contributed by atoms with Crippen LogP contribution in [0.3, 0.4) is 0 Å². The summed E-state index contributed by atoms with van der Waals surface area (Å²) in [6.45, 7) is 3.28. The highest BCUT2D eigenvalue weighted by Crippen LogP contribution is 2.44. The van der Waals surface area contributed by atoms with Gasteiger partial charge in [-0.05, 0) is 55.2 Å². The largest absolute Gasteiger partial charge is 0.385 e. The van der Waals surface area contributed by atoms with Crippen LogP contribution in [0, 0.1) is 0 Å². The van der Waals surface area contributed by atoms with Crippen molar-refractivity contribution in [2.45, 2.75) is 95.4 Å². The number of hydrogen-bond donors (Lipinski definition) is 1. The van der Waals surface area contributed by atoms with Gasteiger partial charge < -0.3 is 5.11 Å². The first-order chi connectivity index (χ1) is 14.2. The van der Waals surface area contributed by atoms with E-state index in [0.29, 0.717) is 12.1 Å². The monoisotopic (exact) mass is 391 g/mol. The molecule has 2 fully saturated rings. The Morgan fingerprint density at radius 1 is 0.862 bits per heavy atom. The maximum atomic E-state index is 11.6. The van der Waals surface area contributed by atoms with Crippen molar-refractivity contribution in [3.05, 3.63) is 71.3 Å². The highest BCUT2D eigenvalue weighted by molar-refractivity contribution is 5.29. The average molecular weight is 392 g/mol. The summed E-state index contributed by atoms with van der Waals surface area (Å²) < 4.78 is 0. The molecule has 0 spiro atoms. The van der Waals surface area contributed by atoms with E-state index in [4.69, 9.17) is 0 Å². The van der Waals surface area contributed by atoms with E-state index in [1.807, 2.05) is 0 Å². The van der Waals surface area contributed by atoms with E-state index in [1.54, 1.807) is 0 Å². The SMILES string of the molecule is CCCCCCc1ccc(C2(O)CC3CCCC(C2)N3Cc2ccccc2)cc1. The molecule has 2 nitrogen and oxygen atoms in total. The van der Waals surface area contributed by atoms with Crippen LogP contribution in [0.2, 0.25) is 0 Å². The molecule has 0 aromatic heterocycles. The summed E-state index contributed by atoms with van der Waals surface area (Å²) in [6.07, 6.45) is 11.8. The lowest BCUT2D eigenvalue weighted by atomic mass is 9.72. The molecule has 2 aromatic rings. The minimum atomic E-state index is -0.663. The third kappa shape index (κ3) is 4.92. The van der Waals surface area contributed by atoms with Gasteiger partial charge >= 0.3 is 0 Å². The second kappa shape index (κ2) is 9.45. The predicted octanol–water partition coefficient (Wildman–Crippen LogP) is 6.21. The van der Waals surface area contributed by atoms with Gasteiger partial charge in [0.1, 0.15) is 0 Å². The minimum absolute atomic E-state index is 0.487. The van der Waals surface area contributed by atoms with Gasteiger partial charge in [0, 0.05) is 18.6 Å². The van der Waals surface area contributed by atoms with Crippen molar-refractivity contribution in [1.82, 2.24) is 4.90 Å². The molecule has 0 radical (unpaired) electrons. The Balaban J connectivity index is 1.43. The molecular weight excluding hydrogens is 354 g/mol. The fourth-order valence-corrected chi connectivity index (χ4v) is 5.55. The van der Waals surface area contributed by atoms with Gasteiger partial charge in [-0.25, -0.2) is 0 Å². The van der Waals surface area contributed by atoms with Gasteiger partial charge in [0.25, 0.3) is 0 Å². The third-order valence-corrected chi connectivity index (χ3v) is 7.18. The van der Waals surface area contributed by atoms with Crippen molar-refractivity contribution in [1.29, 1.82) is 0 Å². The lowest BCUT2D eigenvalue weighted by Crippen LogP contribution is -2.56. The van der Waals surface area contributed by atoms with Crippen molar-refractivity contribution in [3.8, 4) is 0 Å². The van der Waals surface area contributed by atoms with E-state index < -0.39 is 5.60 Å². The molecule has 2 aliphatic heterocycles. The van der Waals surface area contributed by atoms with Crippen molar-refractivity contribution in [2.75, 3.05) is 0 Å². The Morgan fingerprint density at radius 2 is 1.55 bits per heavy atom. The van der Waals surface area contributed by atoms with Gasteiger partial charge in [0.2, 0.25) is 0 Å². The summed E-state index contributed by atoms with van der Waals surface area (Å²) in [4.78, 5) is 2.68. The lowest BCUT2D eigenvalue weighted by Gasteiger charge is -2.52. The Kier molecular flexibility index (Phi) is 6.72. The number of aryl methyl sites for hydroxylation is 1. The van der Waals surface area contributed by atoms with E-state index in [-0.39, 0.29) is 0 Å². The summed E-state index contributed by atoms with van der Waals surface area (Å²) in [5.41, 5.74) is 3.27. The standard InChI is InChI=1S/C27H37NO/c1-2-3-4-6-10-22-15-17-24(18-16-22)27(29)19-25-13-9-14-26(20-27)28(25)21-23-11-7-5-8-12-23/h5,7-8,11-12,15-18,25-26,29H,2-4,6,9-10,13-14,19-21H2,1H3. The molecule has 2 bridgehead atoms. The van der Waals surface area contributed by atoms with E-state index in [1.165, 1.54) is 56.1 Å². The molecule has 1 N–H and O–H groups in total. The van der Waals surface area contributed by atoms with Crippen LogP contribution in [0.5, 0.6) is 0 Å². The first kappa shape index (κ1) is 20.6. The molecule has 4 rings (SSSR count). The highest BCUT2D eigenvalue weighted by Gasteiger charge is 2.46. The zero-order valence-corrected chi connectivity index (χ0v) is 18.0. The van der Waals surface area contributed by atoms with Gasteiger partial charge in [-0.3, -0.25) is 4.90 Å². The summed E-state index contributed by atoms with van der Waals surface area (Å²) >= 11 is 0. The maximum absolute atomic E-state index is 11.6. The van der Waals surface area contributed by atoms with Crippen LogP contribution in [-0.2, 0) is 18.6 Å². The van der Waals surface area contributed by atoms with E-state index in [0.717, 1.165) is 31.4 Å². The molecule has 0 saturated carbocycles. The van der Waals surface area contributed by atoms with Gasteiger partial charge in [-0.1, -0.05) is 87.2 Å². The summed E-state index contributed by atoms with van der Waals surface area (Å²) in [5.74, 6) is 0. The number of aliphatic hydroxyl groups is 1. The second-order valence-corrected chi connectivity index (χ2v) is 9.34. The van der Waals surface area contributed by atoms with Crippen LogP contribution in [0.4, 0.5) is 0 Å². The zero-order chi connectivity index (χ0) is 20.1. The van der Waals surface area contributed by atoms with Crippen LogP contribution in [0.1, 0.15) is 81.4 Å². The number of piperidine rings is 2. The first-order valence-electron chi connectivity index (χ1n) is 11.8. The molecule has 2 unspecified atom stereocenters. The number of nitrogens with zero attached hydrogens (tertiary/aromatic N) is 1. The molecule has 2 aromatic carbocycles.